The van der Waals surface area contributed by atoms with E-state index in [-0.39, 0.29) is 4.90 Å². The third-order valence-corrected chi connectivity index (χ3v) is 5.17. The van der Waals surface area contributed by atoms with E-state index < -0.39 is 10.0 Å². The SMILES string of the molecule is NS(=O)(=O)c1cccnc1NCCCN1CCc2ccccc2C1. The molecular weight excluding hydrogens is 324 g/mol. The van der Waals surface area contributed by atoms with E-state index in [1.165, 1.54) is 17.2 Å². The number of fused-ring (bicyclic) bond motifs is 1. The number of hydrogen-bond donors (Lipinski definition) is 2. The number of hydrogen-bond acceptors (Lipinski definition) is 5. The van der Waals surface area contributed by atoms with Crippen LogP contribution in [-0.2, 0) is 23.0 Å². The second-order valence-electron chi connectivity index (χ2n) is 5.97. The molecule has 0 radical (unpaired) electrons. The van der Waals surface area contributed by atoms with E-state index in [1.807, 2.05) is 0 Å². The molecule has 3 N–H and O–H groups in total. The van der Waals surface area contributed by atoms with Crippen molar-refractivity contribution >= 4 is 15.8 Å². The highest BCUT2D eigenvalue weighted by molar-refractivity contribution is 7.89. The van der Waals surface area contributed by atoms with Gasteiger partial charge in [-0.3, -0.25) is 4.90 Å². The van der Waals surface area contributed by atoms with Crippen molar-refractivity contribution in [2.45, 2.75) is 24.3 Å². The number of benzene rings is 1. The summed E-state index contributed by atoms with van der Waals surface area (Å²) in [5, 5.41) is 8.29. The molecule has 1 aliphatic rings. The van der Waals surface area contributed by atoms with Gasteiger partial charge in [0.25, 0.3) is 0 Å². The second kappa shape index (κ2) is 7.29. The largest absolute Gasteiger partial charge is 0.369 e. The maximum atomic E-state index is 11.5. The molecule has 0 fully saturated rings. The molecule has 6 nitrogen and oxygen atoms in total. The van der Waals surface area contributed by atoms with E-state index in [4.69, 9.17) is 5.14 Å². The van der Waals surface area contributed by atoms with Gasteiger partial charge in [0.2, 0.25) is 10.0 Å². The molecule has 0 saturated heterocycles. The monoisotopic (exact) mass is 346 g/mol. The van der Waals surface area contributed by atoms with Crippen molar-refractivity contribution < 1.29 is 8.42 Å². The van der Waals surface area contributed by atoms with Gasteiger partial charge in [0.1, 0.15) is 10.7 Å². The third kappa shape index (κ3) is 4.11. The summed E-state index contributed by atoms with van der Waals surface area (Å²) in [6, 6.07) is 11.6. The summed E-state index contributed by atoms with van der Waals surface area (Å²) in [5.74, 6) is 0.323. The van der Waals surface area contributed by atoms with Crippen LogP contribution in [0.4, 0.5) is 5.82 Å². The molecule has 1 aliphatic heterocycles. The predicted molar refractivity (Wildman–Crippen MR) is 94.1 cm³/mol. The zero-order chi connectivity index (χ0) is 17.0. The molecule has 128 valence electrons. The summed E-state index contributed by atoms with van der Waals surface area (Å²) in [7, 11) is -3.76. The van der Waals surface area contributed by atoms with Gasteiger partial charge in [0.15, 0.2) is 0 Å². The molecule has 2 aromatic rings. The molecule has 1 aromatic heterocycles. The summed E-state index contributed by atoms with van der Waals surface area (Å²) in [5.41, 5.74) is 2.84. The van der Waals surface area contributed by atoms with Gasteiger partial charge in [-0.25, -0.2) is 18.5 Å². The first-order valence-corrected chi connectivity index (χ1v) is 9.59. The van der Waals surface area contributed by atoms with E-state index in [0.717, 1.165) is 32.5 Å². The first-order chi connectivity index (χ1) is 11.5. The first kappa shape index (κ1) is 16.9. The van der Waals surface area contributed by atoms with Crippen LogP contribution in [0.25, 0.3) is 0 Å². The van der Waals surface area contributed by atoms with Crippen molar-refractivity contribution in [1.82, 2.24) is 9.88 Å². The van der Waals surface area contributed by atoms with Crippen LogP contribution in [0.2, 0.25) is 0 Å². The van der Waals surface area contributed by atoms with E-state index >= 15 is 0 Å². The molecule has 7 heteroatoms. The smallest absolute Gasteiger partial charge is 0.241 e. The van der Waals surface area contributed by atoms with E-state index in [1.54, 1.807) is 12.3 Å². The summed E-state index contributed by atoms with van der Waals surface area (Å²) >= 11 is 0. The van der Waals surface area contributed by atoms with Crippen molar-refractivity contribution in [2.24, 2.45) is 5.14 Å². The van der Waals surface area contributed by atoms with Crippen LogP contribution in [0.3, 0.4) is 0 Å². The lowest BCUT2D eigenvalue weighted by Gasteiger charge is -2.28. The molecule has 0 spiro atoms. The van der Waals surface area contributed by atoms with E-state index in [2.05, 4.69) is 39.5 Å². The van der Waals surface area contributed by atoms with Gasteiger partial charge in [-0.1, -0.05) is 24.3 Å². The Morgan fingerprint density at radius 1 is 1.17 bits per heavy atom. The number of nitrogens with one attached hydrogen (secondary N) is 1. The van der Waals surface area contributed by atoms with Gasteiger partial charge >= 0.3 is 0 Å². The highest BCUT2D eigenvalue weighted by Crippen LogP contribution is 2.19. The number of sulfonamides is 1. The highest BCUT2D eigenvalue weighted by Gasteiger charge is 2.16. The van der Waals surface area contributed by atoms with Crippen LogP contribution in [-0.4, -0.2) is 37.9 Å². The topological polar surface area (TPSA) is 88.3 Å². The normalized spacial score (nSPS) is 15.0. The minimum Gasteiger partial charge on any atom is -0.369 e. The van der Waals surface area contributed by atoms with Crippen molar-refractivity contribution in [2.75, 3.05) is 25.0 Å². The Hall–Kier alpha value is -1.96. The molecule has 0 unspecified atom stereocenters. The van der Waals surface area contributed by atoms with Gasteiger partial charge in [-0.05, 0) is 36.1 Å². The molecule has 24 heavy (non-hydrogen) atoms. The van der Waals surface area contributed by atoms with Crippen LogP contribution >= 0.6 is 0 Å². The van der Waals surface area contributed by atoms with E-state index in [0.29, 0.717) is 12.4 Å². The maximum absolute atomic E-state index is 11.5. The molecule has 1 aromatic carbocycles. The minimum absolute atomic E-state index is 0.0388. The second-order valence-corrected chi connectivity index (χ2v) is 7.50. The molecule has 2 heterocycles. The Labute approximate surface area is 142 Å². The van der Waals surface area contributed by atoms with Crippen molar-refractivity contribution in [3.05, 3.63) is 53.7 Å². The lowest BCUT2D eigenvalue weighted by molar-refractivity contribution is 0.253. The van der Waals surface area contributed by atoms with Crippen LogP contribution in [0, 0.1) is 0 Å². The summed E-state index contributed by atoms with van der Waals surface area (Å²) in [6.07, 6.45) is 3.54. The van der Waals surface area contributed by atoms with Gasteiger partial charge in [-0.15, -0.1) is 0 Å². The highest BCUT2D eigenvalue weighted by atomic mass is 32.2. The summed E-state index contributed by atoms with van der Waals surface area (Å²) in [6.45, 7) is 3.64. The lowest BCUT2D eigenvalue weighted by atomic mass is 10.00. The Morgan fingerprint density at radius 2 is 1.96 bits per heavy atom. The summed E-state index contributed by atoms with van der Waals surface area (Å²) in [4.78, 5) is 6.53. The van der Waals surface area contributed by atoms with Crippen molar-refractivity contribution in [1.29, 1.82) is 0 Å². The van der Waals surface area contributed by atoms with Gasteiger partial charge in [-0.2, -0.15) is 0 Å². The number of anilines is 1. The van der Waals surface area contributed by atoms with Crippen LogP contribution < -0.4 is 10.5 Å². The van der Waals surface area contributed by atoms with Crippen LogP contribution in [0.1, 0.15) is 17.5 Å². The quantitative estimate of drug-likeness (QED) is 0.776. The molecule has 0 amide bonds. The average Bonchev–Trinajstić information content (AvgIpc) is 2.58. The zero-order valence-electron chi connectivity index (χ0n) is 13.5. The van der Waals surface area contributed by atoms with Crippen LogP contribution in [0.5, 0.6) is 0 Å². The fraction of sp³-hybridized carbons (Fsp3) is 0.353. The molecule has 0 bridgehead atoms. The Kier molecular flexibility index (Phi) is 5.13. The van der Waals surface area contributed by atoms with Crippen LogP contribution in [0.15, 0.2) is 47.5 Å². The van der Waals surface area contributed by atoms with Gasteiger partial charge in [0.05, 0.1) is 0 Å². The molecule has 3 rings (SSSR count). The number of nitrogens with zero attached hydrogens (tertiary/aromatic N) is 2. The Bertz CT molecular complexity index is 808. The number of primary sulfonamides is 1. The molecule has 0 atom stereocenters. The molecular formula is C17H22N4O2S. The Morgan fingerprint density at radius 3 is 2.75 bits per heavy atom. The number of rotatable bonds is 6. The van der Waals surface area contributed by atoms with Crippen molar-refractivity contribution in [3.8, 4) is 0 Å². The number of nitrogens with two attached hydrogens (primary N) is 1. The average molecular weight is 346 g/mol. The minimum atomic E-state index is -3.76. The van der Waals surface area contributed by atoms with Crippen molar-refractivity contribution in [3.63, 3.8) is 0 Å². The van der Waals surface area contributed by atoms with Gasteiger partial charge < -0.3 is 5.32 Å². The number of aromatic nitrogens is 1. The standard InChI is InChI=1S/C17H22N4O2S/c18-24(22,23)16-7-3-9-19-17(16)20-10-4-11-21-12-8-14-5-1-2-6-15(14)13-21/h1-3,5-7,9H,4,8,10-13H2,(H,19,20)(H2,18,22,23). The van der Waals surface area contributed by atoms with E-state index in [9.17, 15) is 8.42 Å². The maximum Gasteiger partial charge on any atom is 0.241 e. The lowest BCUT2D eigenvalue weighted by Crippen LogP contribution is -2.32. The number of pyridine rings is 1. The molecule has 0 aliphatic carbocycles. The van der Waals surface area contributed by atoms with Gasteiger partial charge in [0, 0.05) is 32.4 Å². The summed E-state index contributed by atoms with van der Waals surface area (Å²) < 4.78 is 23.1. The zero-order valence-corrected chi connectivity index (χ0v) is 14.3. The third-order valence-electron chi connectivity index (χ3n) is 4.23. The Balaban J connectivity index is 1.50. The fourth-order valence-electron chi connectivity index (χ4n) is 3.01. The predicted octanol–water partition coefficient (Wildman–Crippen LogP) is 1.59. The molecule has 0 saturated carbocycles. The first-order valence-electron chi connectivity index (χ1n) is 8.05. The fourth-order valence-corrected chi connectivity index (χ4v) is 3.67.